The molecule has 6 unspecified atom stereocenters. The second kappa shape index (κ2) is 15.9. The maximum absolute atomic E-state index is 13.7. The van der Waals surface area contributed by atoms with E-state index in [9.17, 15) is 18.4 Å². The van der Waals surface area contributed by atoms with Crippen LogP contribution in [0.5, 0.6) is 0 Å². The molecule has 3 aromatic carbocycles. The Hall–Kier alpha value is -3.76. The van der Waals surface area contributed by atoms with Crippen molar-refractivity contribution in [3.8, 4) is 0 Å². The third-order valence-electron chi connectivity index (χ3n) is 8.95. The van der Waals surface area contributed by atoms with Crippen LogP contribution < -0.4 is 31.9 Å². The molecule has 3 aliphatic rings. The highest BCUT2D eigenvalue weighted by Crippen LogP contribution is 2.58. The Morgan fingerprint density at radius 2 is 1.06 bits per heavy atom. The van der Waals surface area contributed by atoms with Crippen LogP contribution in [0.2, 0.25) is 0 Å². The number of halogens is 3. The van der Waals surface area contributed by atoms with E-state index in [-0.39, 0.29) is 60.6 Å². The summed E-state index contributed by atoms with van der Waals surface area (Å²) >= 11 is 14.1. The highest BCUT2D eigenvalue weighted by atomic mass is 79.9. The van der Waals surface area contributed by atoms with Crippen molar-refractivity contribution in [1.82, 2.24) is 21.3 Å². The number of carbonyl (C=O) groups excluding carboxylic acids is 2. The van der Waals surface area contributed by atoms with E-state index >= 15 is 0 Å². The Labute approximate surface area is 301 Å². The van der Waals surface area contributed by atoms with Crippen molar-refractivity contribution in [2.75, 3.05) is 36.8 Å². The second-order valence-electron chi connectivity index (χ2n) is 12.1. The molecule has 15 heteroatoms. The number of rotatable bonds is 11. The molecule has 0 aromatic heterocycles. The molecule has 6 N–H and O–H groups in total. The molecule has 3 fully saturated rings. The molecule has 2 amide bonds. The SMILES string of the molecule is O=C(NCCNC(=S)Nc1ccc(F)cc1)C1C2CC(C3OC(c4ccc(Br)cc4)OC23)C1C(=O)NCCNC(=S)Nc1ccc(F)cc1. The zero-order valence-electron chi connectivity index (χ0n) is 26.1. The molecule has 1 saturated heterocycles. The van der Waals surface area contributed by atoms with Gasteiger partial charge in [0.2, 0.25) is 11.8 Å². The number of thiocarbonyl (C=S) groups is 2. The lowest BCUT2D eigenvalue weighted by atomic mass is 9.75. The number of nitrogens with one attached hydrogen (secondary N) is 6. The summed E-state index contributed by atoms with van der Waals surface area (Å²) in [5, 5.41) is 18.6. The molecule has 0 spiro atoms. The van der Waals surface area contributed by atoms with Gasteiger partial charge >= 0.3 is 0 Å². The predicted molar refractivity (Wildman–Crippen MR) is 192 cm³/mol. The number of amides is 2. The van der Waals surface area contributed by atoms with Gasteiger partial charge in [-0.2, -0.15) is 0 Å². The van der Waals surface area contributed by atoms with Crippen molar-refractivity contribution in [2.24, 2.45) is 23.7 Å². The first-order chi connectivity index (χ1) is 23.7. The normalized spacial score (nSPS) is 24.8. The zero-order valence-corrected chi connectivity index (χ0v) is 29.3. The number of carbonyl (C=O) groups is 2. The minimum atomic E-state index is -0.614. The molecule has 0 radical (unpaired) electrons. The van der Waals surface area contributed by atoms with Crippen LogP contribution in [0.25, 0.3) is 0 Å². The van der Waals surface area contributed by atoms with Crippen molar-refractivity contribution in [3.05, 3.63) is 94.5 Å². The molecule has 2 saturated carbocycles. The van der Waals surface area contributed by atoms with E-state index < -0.39 is 18.1 Å². The highest BCUT2D eigenvalue weighted by Gasteiger charge is 2.66. The van der Waals surface area contributed by atoms with Gasteiger partial charge in [-0.3, -0.25) is 9.59 Å². The number of hydrogen-bond donors (Lipinski definition) is 6. The van der Waals surface area contributed by atoms with E-state index in [1.165, 1.54) is 24.3 Å². The smallest absolute Gasteiger partial charge is 0.224 e. The monoisotopic (exact) mass is 772 g/mol. The standard InChI is InChI=1S/C34H35BrF2N6O4S2/c35-19-3-1-18(2-4-19)32-46-28-24-17-25(29(28)47-32)27(31(45)39-14-16-41-34(49)43-23-11-7-21(37)8-12-23)26(24)30(44)38-13-15-40-33(48)42-22-9-5-20(36)6-10-22/h1-12,24-29,32H,13-17H2,(H,38,44)(H,39,45)(H2,40,42,48)(H2,41,43,49). The molecule has 1 aliphatic heterocycles. The Balaban J connectivity index is 1.05. The lowest BCUT2D eigenvalue weighted by molar-refractivity contribution is -0.140. The number of fused-ring (bicyclic) bond motifs is 5. The highest BCUT2D eigenvalue weighted by molar-refractivity contribution is 9.10. The van der Waals surface area contributed by atoms with Gasteiger partial charge in [0.1, 0.15) is 11.6 Å². The quantitative estimate of drug-likeness (QED) is 0.122. The predicted octanol–water partition coefficient (Wildman–Crippen LogP) is 4.60. The van der Waals surface area contributed by atoms with Gasteiger partial charge in [-0.25, -0.2) is 8.78 Å². The van der Waals surface area contributed by atoms with Crippen molar-refractivity contribution in [3.63, 3.8) is 0 Å². The average molecular weight is 774 g/mol. The topological polar surface area (TPSA) is 125 Å². The lowest BCUT2D eigenvalue weighted by Crippen LogP contribution is -2.53. The van der Waals surface area contributed by atoms with Crippen LogP contribution in [-0.2, 0) is 19.1 Å². The van der Waals surface area contributed by atoms with Gasteiger partial charge in [-0.1, -0.05) is 28.1 Å². The molecule has 49 heavy (non-hydrogen) atoms. The van der Waals surface area contributed by atoms with Crippen LogP contribution in [0.15, 0.2) is 77.3 Å². The lowest BCUT2D eigenvalue weighted by Gasteiger charge is -2.34. The fourth-order valence-electron chi connectivity index (χ4n) is 6.85. The number of ether oxygens (including phenoxy) is 2. The van der Waals surface area contributed by atoms with Crippen molar-refractivity contribution < 1.29 is 27.8 Å². The summed E-state index contributed by atoms with van der Waals surface area (Å²) in [5.41, 5.74) is 2.14. The van der Waals surface area contributed by atoms with Gasteiger partial charge in [0.15, 0.2) is 16.5 Å². The van der Waals surface area contributed by atoms with Gasteiger partial charge in [0.05, 0.1) is 24.0 Å². The minimum Gasteiger partial charge on any atom is -0.361 e. The summed E-state index contributed by atoms with van der Waals surface area (Å²) in [6, 6.07) is 19.3. The van der Waals surface area contributed by atoms with Crippen LogP contribution in [0, 0.1) is 35.3 Å². The molecule has 6 atom stereocenters. The maximum Gasteiger partial charge on any atom is 0.224 e. The molecule has 6 rings (SSSR count). The van der Waals surface area contributed by atoms with Crippen molar-refractivity contribution in [2.45, 2.75) is 24.9 Å². The minimum absolute atomic E-state index is 0.203. The van der Waals surface area contributed by atoms with E-state index in [4.69, 9.17) is 33.9 Å². The average Bonchev–Trinajstić information content (AvgIpc) is 3.79. The first kappa shape index (κ1) is 35.1. The largest absolute Gasteiger partial charge is 0.361 e. The van der Waals surface area contributed by atoms with E-state index in [1.54, 1.807) is 24.3 Å². The van der Waals surface area contributed by atoms with Gasteiger partial charge in [0, 0.05) is 59.4 Å². The fraction of sp³-hybridized carbons (Fsp3) is 0.353. The van der Waals surface area contributed by atoms with Crippen molar-refractivity contribution in [1.29, 1.82) is 0 Å². The van der Waals surface area contributed by atoms with Gasteiger partial charge in [-0.05, 0) is 91.5 Å². The Morgan fingerprint density at radius 3 is 1.49 bits per heavy atom. The van der Waals surface area contributed by atoms with E-state index in [2.05, 4.69) is 47.8 Å². The van der Waals surface area contributed by atoms with Crippen LogP contribution in [0.3, 0.4) is 0 Å². The maximum atomic E-state index is 13.7. The van der Waals surface area contributed by atoms with E-state index in [0.717, 1.165) is 10.0 Å². The summed E-state index contributed by atoms with van der Waals surface area (Å²) in [5.74, 6) is -2.79. The van der Waals surface area contributed by atoms with Crippen LogP contribution in [0.4, 0.5) is 20.2 Å². The number of benzene rings is 3. The Bertz CT molecular complexity index is 1570. The summed E-state index contributed by atoms with van der Waals surface area (Å²) in [7, 11) is 0. The number of anilines is 2. The second-order valence-corrected chi connectivity index (χ2v) is 13.8. The summed E-state index contributed by atoms with van der Waals surface area (Å²) in [6.45, 7) is 1.21. The van der Waals surface area contributed by atoms with E-state index in [1.807, 2.05) is 24.3 Å². The zero-order chi connectivity index (χ0) is 34.5. The molecule has 3 aromatic rings. The van der Waals surface area contributed by atoms with Crippen LogP contribution >= 0.6 is 40.4 Å². The molecular formula is C34H35BrF2N6O4S2. The molecule has 1 heterocycles. The summed E-state index contributed by atoms with van der Waals surface area (Å²) < 4.78 is 40.1. The van der Waals surface area contributed by atoms with Gasteiger partial charge < -0.3 is 41.4 Å². The molecule has 10 nitrogen and oxygen atoms in total. The first-order valence-corrected chi connectivity index (χ1v) is 17.5. The van der Waals surface area contributed by atoms with Gasteiger partial charge in [-0.15, -0.1) is 0 Å². The molecule has 258 valence electrons. The molecule has 2 aliphatic carbocycles. The Kier molecular flexibility index (Phi) is 11.3. The van der Waals surface area contributed by atoms with Crippen LogP contribution in [0.1, 0.15) is 18.3 Å². The first-order valence-electron chi connectivity index (χ1n) is 15.9. The molecular weight excluding hydrogens is 738 g/mol. The summed E-state index contributed by atoms with van der Waals surface area (Å²) in [6.07, 6.45) is -0.593. The third-order valence-corrected chi connectivity index (χ3v) is 9.98. The van der Waals surface area contributed by atoms with Crippen LogP contribution in [-0.4, -0.2) is 60.4 Å². The third kappa shape index (κ3) is 8.52. The fourth-order valence-corrected chi connectivity index (χ4v) is 7.55. The summed E-state index contributed by atoms with van der Waals surface area (Å²) in [4.78, 5) is 27.5. The van der Waals surface area contributed by atoms with Gasteiger partial charge in [0.25, 0.3) is 0 Å². The van der Waals surface area contributed by atoms with Crippen molar-refractivity contribution >= 4 is 73.8 Å². The number of hydrogen-bond acceptors (Lipinski definition) is 6. The van der Waals surface area contributed by atoms with E-state index in [0.29, 0.717) is 41.1 Å². The Morgan fingerprint density at radius 1 is 0.653 bits per heavy atom. The molecule has 2 bridgehead atoms.